The van der Waals surface area contributed by atoms with E-state index in [4.69, 9.17) is 11.5 Å². The van der Waals surface area contributed by atoms with Gasteiger partial charge in [0.05, 0.1) is 0 Å². The summed E-state index contributed by atoms with van der Waals surface area (Å²) in [7, 11) is 0. The van der Waals surface area contributed by atoms with E-state index in [0.717, 1.165) is 12.8 Å². The molecule has 5 nitrogen and oxygen atoms in total. The lowest BCUT2D eigenvalue weighted by Crippen LogP contribution is -2.48. The van der Waals surface area contributed by atoms with Crippen LogP contribution in [0.5, 0.6) is 0 Å². The molecule has 1 fully saturated rings. The van der Waals surface area contributed by atoms with Gasteiger partial charge in [-0.3, -0.25) is 4.79 Å². The summed E-state index contributed by atoms with van der Waals surface area (Å²) in [5, 5.41) is 11.6. The number of amides is 2. The van der Waals surface area contributed by atoms with E-state index in [9.17, 15) is 9.59 Å². The molecule has 0 aromatic rings. The zero-order valence-electron chi connectivity index (χ0n) is 10.7. The van der Waals surface area contributed by atoms with Crippen LogP contribution >= 0.6 is 0 Å². The maximum Gasteiger partial charge on any atom is 0.317 e. The highest BCUT2D eigenvalue weighted by Gasteiger charge is 2.25. The molecule has 2 atom stereocenters. The number of carboxylic acid groups (broad SMARTS) is 1. The SMILES string of the molecule is C#CCC(C)NC(=O)N1CCCC(CC(=O)O)C1. The first-order chi connectivity index (χ1) is 8.52. The summed E-state index contributed by atoms with van der Waals surface area (Å²) >= 11 is 0. The number of urea groups is 1. The van der Waals surface area contributed by atoms with Crippen LogP contribution in [0.4, 0.5) is 4.79 Å². The third-order valence-corrected chi connectivity index (χ3v) is 3.06. The first-order valence-electron chi connectivity index (χ1n) is 6.23. The second kappa shape index (κ2) is 6.90. The molecule has 2 N–H and O–H groups in total. The monoisotopic (exact) mass is 252 g/mol. The molecule has 2 amide bonds. The summed E-state index contributed by atoms with van der Waals surface area (Å²) in [5.74, 6) is 1.76. The van der Waals surface area contributed by atoms with Gasteiger partial charge < -0.3 is 15.3 Å². The predicted octanol–water partition coefficient (Wildman–Crippen LogP) is 1.29. The largest absolute Gasteiger partial charge is 0.481 e. The molecule has 1 aliphatic rings. The number of nitrogens with one attached hydrogen (secondary N) is 1. The summed E-state index contributed by atoms with van der Waals surface area (Å²) in [6, 6.07) is -0.199. The number of carboxylic acids is 1. The van der Waals surface area contributed by atoms with E-state index in [1.54, 1.807) is 4.90 Å². The molecule has 0 radical (unpaired) electrons. The van der Waals surface area contributed by atoms with Crippen LogP contribution in [0.2, 0.25) is 0 Å². The Labute approximate surface area is 108 Å². The lowest BCUT2D eigenvalue weighted by molar-refractivity contribution is -0.138. The van der Waals surface area contributed by atoms with E-state index in [0.29, 0.717) is 19.5 Å². The molecule has 0 aliphatic carbocycles. The van der Waals surface area contributed by atoms with E-state index < -0.39 is 5.97 Å². The Morgan fingerprint density at radius 2 is 2.33 bits per heavy atom. The number of nitrogens with zero attached hydrogens (tertiary/aromatic N) is 1. The average molecular weight is 252 g/mol. The van der Waals surface area contributed by atoms with Gasteiger partial charge in [-0.25, -0.2) is 4.79 Å². The Morgan fingerprint density at radius 3 is 2.94 bits per heavy atom. The van der Waals surface area contributed by atoms with Gasteiger partial charge >= 0.3 is 12.0 Å². The molecule has 1 heterocycles. The maximum absolute atomic E-state index is 11.9. The van der Waals surface area contributed by atoms with Crippen molar-refractivity contribution in [3.05, 3.63) is 0 Å². The van der Waals surface area contributed by atoms with E-state index >= 15 is 0 Å². The van der Waals surface area contributed by atoms with Crippen molar-refractivity contribution in [2.75, 3.05) is 13.1 Å². The zero-order chi connectivity index (χ0) is 13.5. The van der Waals surface area contributed by atoms with Crippen LogP contribution in [0.15, 0.2) is 0 Å². The number of likely N-dealkylation sites (tertiary alicyclic amines) is 1. The summed E-state index contributed by atoms with van der Waals surface area (Å²) in [6.45, 7) is 3.06. The van der Waals surface area contributed by atoms with Crippen LogP contribution in [0, 0.1) is 18.3 Å². The Kier molecular flexibility index (Phi) is 5.50. The van der Waals surface area contributed by atoms with Crippen molar-refractivity contribution in [2.45, 2.75) is 38.6 Å². The fraction of sp³-hybridized carbons (Fsp3) is 0.692. The smallest absolute Gasteiger partial charge is 0.317 e. The highest BCUT2D eigenvalue weighted by atomic mass is 16.4. The van der Waals surface area contributed by atoms with Crippen molar-refractivity contribution in [1.82, 2.24) is 10.2 Å². The van der Waals surface area contributed by atoms with Gasteiger partial charge in [-0.2, -0.15) is 0 Å². The third kappa shape index (κ3) is 4.66. The van der Waals surface area contributed by atoms with Gasteiger partial charge in [0.2, 0.25) is 0 Å². The predicted molar refractivity (Wildman–Crippen MR) is 68.0 cm³/mol. The van der Waals surface area contributed by atoms with Crippen LogP contribution in [0.3, 0.4) is 0 Å². The molecule has 2 unspecified atom stereocenters. The second-order valence-electron chi connectivity index (χ2n) is 4.81. The maximum atomic E-state index is 11.9. The van der Waals surface area contributed by atoms with Crippen molar-refractivity contribution >= 4 is 12.0 Å². The van der Waals surface area contributed by atoms with Crippen LogP contribution < -0.4 is 5.32 Å². The first-order valence-corrected chi connectivity index (χ1v) is 6.23. The zero-order valence-corrected chi connectivity index (χ0v) is 10.7. The number of rotatable bonds is 4. The van der Waals surface area contributed by atoms with Crippen LogP contribution in [0.1, 0.15) is 32.6 Å². The van der Waals surface area contributed by atoms with Crippen molar-refractivity contribution in [3.63, 3.8) is 0 Å². The molecule has 0 saturated carbocycles. The molecular formula is C13H20N2O3. The van der Waals surface area contributed by atoms with Crippen molar-refractivity contribution in [2.24, 2.45) is 5.92 Å². The number of carbonyl (C=O) groups is 2. The minimum atomic E-state index is -0.803. The quantitative estimate of drug-likeness (QED) is 0.741. The van der Waals surface area contributed by atoms with Crippen molar-refractivity contribution in [1.29, 1.82) is 0 Å². The molecule has 1 aliphatic heterocycles. The highest BCUT2D eigenvalue weighted by molar-refractivity contribution is 5.74. The van der Waals surface area contributed by atoms with E-state index in [2.05, 4.69) is 11.2 Å². The van der Waals surface area contributed by atoms with E-state index in [1.165, 1.54) is 0 Å². The fourth-order valence-electron chi connectivity index (χ4n) is 2.19. The molecule has 0 aromatic carbocycles. The molecule has 18 heavy (non-hydrogen) atoms. The lowest BCUT2D eigenvalue weighted by Gasteiger charge is -2.32. The van der Waals surface area contributed by atoms with Gasteiger partial charge in [0, 0.05) is 32.0 Å². The van der Waals surface area contributed by atoms with Gasteiger partial charge in [0.15, 0.2) is 0 Å². The number of aliphatic carboxylic acids is 1. The summed E-state index contributed by atoms with van der Waals surface area (Å²) in [6.07, 6.45) is 7.53. The van der Waals surface area contributed by atoms with Gasteiger partial charge in [-0.15, -0.1) is 12.3 Å². The molecule has 0 aromatic heterocycles. The van der Waals surface area contributed by atoms with Gasteiger partial charge in [-0.1, -0.05) is 0 Å². The fourth-order valence-corrected chi connectivity index (χ4v) is 2.19. The first kappa shape index (κ1) is 14.4. The lowest BCUT2D eigenvalue weighted by atomic mass is 9.95. The Morgan fingerprint density at radius 1 is 1.61 bits per heavy atom. The van der Waals surface area contributed by atoms with Crippen LogP contribution in [-0.4, -0.2) is 41.1 Å². The number of hydrogen-bond acceptors (Lipinski definition) is 2. The molecule has 1 saturated heterocycles. The van der Waals surface area contributed by atoms with Gasteiger partial charge in [0.25, 0.3) is 0 Å². The minimum absolute atomic E-state index is 0.0534. The number of carbonyl (C=O) groups excluding carboxylic acids is 1. The highest BCUT2D eigenvalue weighted by Crippen LogP contribution is 2.19. The normalized spacial score (nSPS) is 20.9. The Balaban J connectivity index is 2.43. The average Bonchev–Trinajstić information content (AvgIpc) is 2.28. The Bertz CT molecular complexity index is 349. The van der Waals surface area contributed by atoms with Gasteiger partial charge in [0.1, 0.15) is 0 Å². The topological polar surface area (TPSA) is 69.6 Å². The third-order valence-electron chi connectivity index (χ3n) is 3.06. The molecule has 0 spiro atoms. The molecule has 0 bridgehead atoms. The van der Waals surface area contributed by atoms with Gasteiger partial charge in [-0.05, 0) is 25.7 Å². The number of hydrogen-bond donors (Lipinski definition) is 2. The molecule has 100 valence electrons. The molecular weight excluding hydrogens is 232 g/mol. The summed E-state index contributed by atoms with van der Waals surface area (Å²) < 4.78 is 0. The standard InChI is InChI=1S/C13H20N2O3/c1-3-5-10(2)14-13(18)15-7-4-6-11(9-15)8-12(16)17/h1,10-11H,4-9H2,2H3,(H,14,18)(H,16,17). The number of piperidine rings is 1. The Hall–Kier alpha value is -1.70. The van der Waals surface area contributed by atoms with Crippen molar-refractivity contribution in [3.8, 4) is 12.3 Å². The summed E-state index contributed by atoms with van der Waals surface area (Å²) in [4.78, 5) is 24.3. The van der Waals surface area contributed by atoms with Crippen LogP contribution in [0.25, 0.3) is 0 Å². The van der Waals surface area contributed by atoms with E-state index in [1.807, 2.05) is 6.92 Å². The second-order valence-corrected chi connectivity index (χ2v) is 4.81. The van der Waals surface area contributed by atoms with E-state index in [-0.39, 0.29) is 24.4 Å². The molecule has 1 rings (SSSR count). The summed E-state index contributed by atoms with van der Waals surface area (Å²) in [5.41, 5.74) is 0. The van der Waals surface area contributed by atoms with Crippen molar-refractivity contribution < 1.29 is 14.7 Å². The molecule has 5 heteroatoms. The number of terminal acetylenes is 1. The minimum Gasteiger partial charge on any atom is -0.481 e. The van der Waals surface area contributed by atoms with Crippen LogP contribution in [-0.2, 0) is 4.79 Å².